The van der Waals surface area contributed by atoms with Crippen molar-refractivity contribution in [1.29, 1.82) is 0 Å². The van der Waals surface area contributed by atoms with Crippen LogP contribution in [0.1, 0.15) is 35.7 Å². The van der Waals surface area contributed by atoms with E-state index in [0.717, 1.165) is 6.07 Å². The molecule has 3 N–H and O–H groups in total. The number of hydrogen-bond acceptors (Lipinski definition) is 6. The summed E-state index contributed by atoms with van der Waals surface area (Å²) < 4.78 is 5.13. The molecule has 1 aliphatic heterocycles. The van der Waals surface area contributed by atoms with Gasteiger partial charge in [-0.05, 0) is 18.6 Å². The molecule has 0 saturated carbocycles. The predicted octanol–water partition coefficient (Wildman–Crippen LogP) is 0.909. The highest BCUT2D eigenvalue weighted by Crippen LogP contribution is 2.33. The number of hydrogen-bond donors (Lipinski definition) is 3. The number of aliphatic hydroxyl groups excluding tert-OH is 1. The molecule has 6 heteroatoms. The molecule has 0 aliphatic carbocycles. The number of carbonyl (C=O) groups excluding carboxylic acids is 2. The van der Waals surface area contributed by atoms with E-state index in [1.165, 1.54) is 13.0 Å². The second kappa shape index (κ2) is 5.50. The fourth-order valence-corrected chi connectivity index (χ4v) is 2.41. The first-order chi connectivity index (χ1) is 9.36. The van der Waals surface area contributed by atoms with Crippen LogP contribution in [-0.2, 0) is 16.0 Å². The molecule has 0 spiro atoms. The number of aliphatic hydroxyl groups is 1. The standard InChI is InChI=1S/C14H16O6/c1-7(15)2-9(16)5-11-4-8-3-10(17)6-12(18)13(8)14(19)20-11/h3,6,9,11,16-18H,2,4-5H2,1H3/t9-,11?/m1/s1. The third-order valence-corrected chi connectivity index (χ3v) is 3.17. The predicted molar refractivity (Wildman–Crippen MR) is 68.6 cm³/mol. The average Bonchev–Trinajstić information content (AvgIpc) is 2.25. The number of cyclic esters (lactones) is 1. The van der Waals surface area contributed by atoms with Crippen molar-refractivity contribution in [2.75, 3.05) is 0 Å². The van der Waals surface area contributed by atoms with Crippen molar-refractivity contribution in [3.05, 3.63) is 23.3 Å². The molecular formula is C14H16O6. The second-order valence-electron chi connectivity index (χ2n) is 5.03. The lowest BCUT2D eigenvalue weighted by molar-refractivity contribution is -0.119. The first-order valence-electron chi connectivity index (χ1n) is 6.30. The Hall–Kier alpha value is -2.08. The van der Waals surface area contributed by atoms with Crippen LogP contribution < -0.4 is 0 Å². The van der Waals surface area contributed by atoms with Gasteiger partial charge in [-0.2, -0.15) is 0 Å². The number of fused-ring (bicyclic) bond motifs is 1. The Morgan fingerprint density at radius 3 is 2.80 bits per heavy atom. The maximum atomic E-state index is 11.8. The molecule has 0 fully saturated rings. The molecular weight excluding hydrogens is 264 g/mol. The molecule has 108 valence electrons. The SMILES string of the molecule is CC(=O)C[C@@H](O)CC1Cc2cc(O)cc(O)c2C(=O)O1. The summed E-state index contributed by atoms with van der Waals surface area (Å²) in [5.74, 6) is -1.30. The van der Waals surface area contributed by atoms with Crippen LogP contribution in [0.3, 0.4) is 0 Å². The van der Waals surface area contributed by atoms with E-state index in [1.54, 1.807) is 0 Å². The number of esters is 1. The number of phenols is 2. The molecule has 6 nitrogen and oxygen atoms in total. The highest BCUT2D eigenvalue weighted by atomic mass is 16.5. The topological polar surface area (TPSA) is 104 Å². The minimum atomic E-state index is -0.877. The van der Waals surface area contributed by atoms with Gasteiger partial charge in [0, 0.05) is 25.3 Å². The number of aromatic hydroxyl groups is 2. The molecule has 1 aromatic rings. The Bertz CT molecular complexity index is 551. The van der Waals surface area contributed by atoms with Crippen molar-refractivity contribution >= 4 is 11.8 Å². The minimum Gasteiger partial charge on any atom is -0.508 e. The van der Waals surface area contributed by atoms with Crippen molar-refractivity contribution in [2.24, 2.45) is 0 Å². The van der Waals surface area contributed by atoms with Crippen molar-refractivity contribution in [1.82, 2.24) is 0 Å². The van der Waals surface area contributed by atoms with E-state index >= 15 is 0 Å². The molecule has 0 bridgehead atoms. The summed E-state index contributed by atoms with van der Waals surface area (Å²) in [6.07, 6.45) is -1.03. The highest BCUT2D eigenvalue weighted by Gasteiger charge is 2.31. The van der Waals surface area contributed by atoms with Crippen LogP contribution >= 0.6 is 0 Å². The molecule has 0 radical (unpaired) electrons. The largest absolute Gasteiger partial charge is 0.508 e. The maximum Gasteiger partial charge on any atom is 0.342 e. The lowest BCUT2D eigenvalue weighted by Crippen LogP contribution is -2.31. The number of ether oxygens (including phenoxy) is 1. The lowest BCUT2D eigenvalue weighted by Gasteiger charge is -2.26. The molecule has 2 atom stereocenters. The summed E-state index contributed by atoms with van der Waals surface area (Å²) in [7, 11) is 0. The van der Waals surface area contributed by atoms with Crippen molar-refractivity contribution in [3.8, 4) is 11.5 Å². The molecule has 1 aliphatic rings. The van der Waals surface area contributed by atoms with Gasteiger partial charge in [-0.1, -0.05) is 0 Å². The van der Waals surface area contributed by atoms with Crippen LogP contribution in [0.2, 0.25) is 0 Å². The van der Waals surface area contributed by atoms with E-state index in [2.05, 4.69) is 0 Å². The van der Waals surface area contributed by atoms with E-state index in [4.69, 9.17) is 4.74 Å². The zero-order valence-electron chi connectivity index (χ0n) is 11.0. The van der Waals surface area contributed by atoms with Gasteiger partial charge in [0.2, 0.25) is 0 Å². The number of benzene rings is 1. The zero-order valence-corrected chi connectivity index (χ0v) is 11.0. The molecule has 20 heavy (non-hydrogen) atoms. The summed E-state index contributed by atoms with van der Waals surface area (Å²) in [6.45, 7) is 1.38. The first kappa shape index (κ1) is 14.3. The van der Waals surface area contributed by atoms with Crippen LogP contribution in [0.5, 0.6) is 11.5 Å². The Morgan fingerprint density at radius 2 is 2.15 bits per heavy atom. The third kappa shape index (κ3) is 3.08. The summed E-state index contributed by atoms with van der Waals surface area (Å²) in [5, 5.41) is 28.8. The van der Waals surface area contributed by atoms with Gasteiger partial charge in [-0.25, -0.2) is 4.79 Å². The van der Waals surface area contributed by atoms with E-state index < -0.39 is 18.2 Å². The molecule has 1 aromatic carbocycles. The fourth-order valence-electron chi connectivity index (χ4n) is 2.41. The van der Waals surface area contributed by atoms with Crippen molar-refractivity contribution in [3.63, 3.8) is 0 Å². The lowest BCUT2D eigenvalue weighted by atomic mass is 9.94. The van der Waals surface area contributed by atoms with Gasteiger partial charge in [0.15, 0.2) is 0 Å². The number of phenolic OH excluding ortho intramolecular Hbond substituents is 2. The van der Waals surface area contributed by atoms with Gasteiger partial charge in [0.1, 0.15) is 28.9 Å². The van der Waals surface area contributed by atoms with Crippen molar-refractivity contribution < 1.29 is 29.6 Å². The summed E-state index contributed by atoms with van der Waals surface area (Å²) in [4.78, 5) is 22.7. The first-order valence-corrected chi connectivity index (χ1v) is 6.30. The second-order valence-corrected chi connectivity index (χ2v) is 5.03. The van der Waals surface area contributed by atoms with Crippen molar-refractivity contribution in [2.45, 2.75) is 38.4 Å². The number of ketones is 1. The molecule has 2 rings (SSSR count). The Kier molecular flexibility index (Phi) is 3.94. The fraction of sp³-hybridized carbons (Fsp3) is 0.429. The number of Topliss-reactive ketones (excluding diaryl/α,β-unsaturated/α-hetero) is 1. The smallest absolute Gasteiger partial charge is 0.342 e. The summed E-state index contributed by atoms with van der Waals surface area (Å²) in [5.41, 5.74) is 0.513. The van der Waals surface area contributed by atoms with Gasteiger partial charge in [-0.15, -0.1) is 0 Å². The minimum absolute atomic E-state index is 0.00615. The van der Waals surface area contributed by atoms with Gasteiger partial charge in [0.05, 0.1) is 6.10 Å². The van der Waals surface area contributed by atoms with Gasteiger partial charge in [-0.3, -0.25) is 4.79 Å². The van der Waals surface area contributed by atoms with E-state index in [9.17, 15) is 24.9 Å². The van der Waals surface area contributed by atoms with Gasteiger partial charge >= 0.3 is 5.97 Å². The molecule has 0 aromatic heterocycles. The monoisotopic (exact) mass is 280 g/mol. The quantitative estimate of drug-likeness (QED) is 0.708. The molecule has 1 heterocycles. The van der Waals surface area contributed by atoms with Crippen LogP contribution in [0.4, 0.5) is 0 Å². The van der Waals surface area contributed by atoms with Crippen LogP contribution in [-0.4, -0.2) is 39.3 Å². The summed E-state index contributed by atoms with van der Waals surface area (Å²) >= 11 is 0. The molecule has 0 saturated heterocycles. The summed E-state index contributed by atoms with van der Waals surface area (Å²) in [6, 6.07) is 2.46. The number of carbonyl (C=O) groups is 2. The van der Waals surface area contributed by atoms with Crippen LogP contribution in [0.15, 0.2) is 12.1 Å². The van der Waals surface area contributed by atoms with Gasteiger partial charge in [0.25, 0.3) is 0 Å². The highest BCUT2D eigenvalue weighted by molar-refractivity contribution is 5.95. The molecule has 0 amide bonds. The Balaban J connectivity index is 2.15. The third-order valence-electron chi connectivity index (χ3n) is 3.17. The maximum absolute atomic E-state index is 11.8. The Labute approximate surface area is 115 Å². The zero-order chi connectivity index (χ0) is 14.9. The van der Waals surface area contributed by atoms with E-state index in [1.807, 2.05) is 0 Å². The van der Waals surface area contributed by atoms with E-state index in [-0.39, 0.29) is 42.1 Å². The average molecular weight is 280 g/mol. The van der Waals surface area contributed by atoms with Gasteiger partial charge < -0.3 is 20.1 Å². The number of rotatable bonds is 4. The van der Waals surface area contributed by atoms with E-state index in [0.29, 0.717) is 5.56 Å². The normalized spacial score (nSPS) is 19.1. The van der Waals surface area contributed by atoms with Crippen LogP contribution in [0.25, 0.3) is 0 Å². The molecule has 1 unspecified atom stereocenters. The van der Waals surface area contributed by atoms with Crippen LogP contribution in [0, 0.1) is 0 Å². The Morgan fingerprint density at radius 1 is 1.45 bits per heavy atom.